The van der Waals surface area contributed by atoms with Gasteiger partial charge in [-0.15, -0.1) is 39.7 Å². The van der Waals surface area contributed by atoms with Crippen molar-refractivity contribution in [2.45, 2.75) is 0 Å². The van der Waals surface area contributed by atoms with E-state index in [-0.39, 0.29) is 50.7 Å². The molecule has 104 valence electrons. The largest absolute Gasteiger partial charge is 4.00 e. The van der Waals surface area contributed by atoms with Crippen molar-refractivity contribution in [2.75, 3.05) is 0 Å². The van der Waals surface area contributed by atoms with Gasteiger partial charge in [0.25, 0.3) is 0 Å². The molecule has 0 amide bonds. The van der Waals surface area contributed by atoms with Crippen LogP contribution in [0.1, 0.15) is 0 Å². The summed E-state index contributed by atoms with van der Waals surface area (Å²) in [5.41, 5.74) is 0. The van der Waals surface area contributed by atoms with Crippen molar-refractivity contribution in [1.29, 1.82) is 0 Å². The first-order valence-corrected chi connectivity index (χ1v) is 6.15. The maximum Gasteiger partial charge on any atom is 4.00 e. The van der Waals surface area contributed by atoms with Gasteiger partial charge in [0.2, 0.25) is 0 Å². The predicted molar refractivity (Wildman–Crippen MR) is 79.1 cm³/mol. The Morgan fingerprint density at radius 1 is 0.571 bits per heavy atom. The third-order valence-corrected chi connectivity index (χ3v) is 3.08. The van der Waals surface area contributed by atoms with Crippen LogP contribution in [0.2, 0.25) is 0 Å². The van der Waals surface area contributed by atoms with E-state index in [0.717, 1.165) is 0 Å². The molecule has 4 rings (SSSR count). The molecule has 0 nitrogen and oxygen atoms in total. The van der Waals surface area contributed by atoms with E-state index in [0.29, 0.717) is 0 Å². The Balaban J connectivity index is 0.000000437. The summed E-state index contributed by atoms with van der Waals surface area (Å²) in [6.45, 7) is 0. The topological polar surface area (TPSA) is 0 Å². The first-order chi connectivity index (χ1) is 8.95. The van der Waals surface area contributed by atoms with Gasteiger partial charge < -0.3 is 24.8 Å². The number of hydrogen-bond donors (Lipinski definition) is 0. The van der Waals surface area contributed by atoms with Gasteiger partial charge in [0.15, 0.2) is 0 Å². The fraction of sp³-hybridized carbons (Fsp3) is 0. The van der Waals surface area contributed by atoms with Gasteiger partial charge in [-0.25, -0.2) is 12.1 Å². The van der Waals surface area contributed by atoms with Gasteiger partial charge in [-0.1, -0.05) is 36.4 Å². The molecular formula is C18H14Cl2Hf. The van der Waals surface area contributed by atoms with Crippen LogP contribution in [0.5, 0.6) is 0 Å². The van der Waals surface area contributed by atoms with Crippen molar-refractivity contribution in [3.05, 3.63) is 84.9 Å². The van der Waals surface area contributed by atoms with Crippen molar-refractivity contribution in [2.24, 2.45) is 0 Å². The van der Waals surface area contributed by atoms with Crippen LogP contribution in [0.3, 0.4) is 0 Å². The standard InChI is InChI=1S/C13H9.C5H5.2ClH.Hf/c1-3-7-12-10(5-1)9-11-6-2-4-8-13(11)12;1-2-4-5-3-1;;;/h1-9H;1-5H;2*1H;/q2*-1;;;+4/p-2. The molecule has 0 N–H and O–H groups in total. The van der Waals surface area contributed by atoms with Crippen molar-refractivity contribution < 1.29 is 50.7 Å². The average Bonchev–Trinajstić information content (AvgIpc) is 3.10. The molecule has 3 heteroatoms. The number of benzene rings is 2. The van der Waals surface area contributed by atoms with Crippen molar-refractivity contribution in [3.63, 3.8) is 0 Å². The molecule has 0 bridgehead atoms. The van der Waals surface area contributed by atoms with Gasteiger partial charge in [-0.2, -0.15) is 18.2 Å². The monoisotopic (exact) mass is 480 g/mol. The Kier molecular flexibility index (Phi) is 9.52. The minimum Gasteiger partial charge on any atom is -1.00 e. The summed E-state index contributed by atoms with van der Waals surface area (Å²) in [7, 11) is 0. The third kappa shape index (κ3) is 4.81. The molecule has 0 aliphatic carbocycles. The second-order valence-corrected chi connectivity index (χ2v) is 4.28. The van der Waals surface area contributed by atoms with Gasteiger partial charge in [-0.3, -0.25) is 0 Å². The predicted octanol–water partition coefficient (Wildman–Crippen LogP) is -0.877. The third-order valence-electron chi connectivity index (χ3n) is 3.08. The normalized spacial score (nSPS) is 8.76. The van der Waals surface area contributed by atoms with Crippen LogP contribution in [0, 0.1) is 0 Å². The zero-order valence-electron chi connectivity index (χ0n) is 11.3. The molecular weight excluding hydrogens is 466 g/mol. The molecule has 0 atom stereocenters. The van der Waals surface area contributed by atoms with Crippen LogP contribution in [-0.2, 0) is 25.8 Å². The van der Waals surface area contributed by atoms with E-state index in [2.05, 4.69) is 54.6 Å². The van der Waals surface area contributed by atoms with Gasteiger partial charge in [0, 0.05) is 0 Å². The van der Waals surface area contributed by atoms with Crippen LogP contribution < -0.4 is 24.8 Å². The molecule has 0 spiro atoms. The fourth-order valence-electron chi connectivity index (χ4n) is 2.22. The molecule has 0 aromatic heterocycles. The quantitative estimate of drug-likeness (QED) is 0.227. The Labute approximate surface area is 156 Å². The summed E-state index contributed by atoms with van der Waals surface area (Å²) in [6.07, 6.45) is 0. The molecule has 0 fully saturated rings. The Morgan fingerprint density at radius 2 is 1.00 bits per heavy atom. The van der Waals surface area contributed by atoms with E-state index in [1.807, 2.05) is 30.3 Å². The number of hydrogen-bond acceptors (Lipinski definition) is 0. The first kappa shape index (κ1) is 20.1. The van der Waals surface area contributed by atoms with Crippen LogP contribution in [0.25, 0.3) is 21.5 Å². The van der Waals surface area contributed by atoms with Crippen molar-refractivity contribution >= 4 is 21.5 Å². The number of halogens is 2. The second kappa shape index (κ2) is 9.94. The van der Waals surface area contributed by atoms with E-state index in [9.17, 15) is 0 Å². The van der Waals surface area contributed by atoms with E-state index in [4.69, 9.17) is 0 Å². The van der Waals surface area contributed by atoms with Gasteiger partial charge in [0.05, 0.1) is 0 Å². The fourth-order valence-corrected chi connectivity index (χ4v) is 2.22. The van der Waals surface area contributed by atoms with Gasteiger partial charge in [0.1, 0.15) is 0 Å². The molecule has 0 aliphatic heterocycles. The first-order valence-electron chi connectivity index (χ1n) is 6.15. The van der Waals surface area contributed by atoms with Crippen molar-refractivity contribution in [3.8, 4) is 0 Å². The van der Waals surface area contributed by atoms with E-state index >= 15 is 0 Å². The number of rotatable bonds is 0. The molecule has 0 saturated carbocycles. The Bertz CT molecular complexity index is 674. The summed E-state index contributed by atoms with van der Waals surface area (Å²) in [4.78, 5) is 0. The molecule has 0 radical (unpaired) electrons. The maximum absolute atomic E-state index is 2.24. The van der Waals surface area contributed by atoms with E-state index in [1.165, 1.54) is 21.5 Å². The van der Waals surface area contributed by atoms with Crippen LogP contribution in [0.4, 0.5) is 0 Å². The molecule has 4 aromatic carbocycles. The molecule has 0 unspecified atom stereocenters. The minimum absolute atomic E-state index is 0. The van der Waals surface area contributed by atoms with E-state index < -0.39 is 0 Å². The zero-order valence-corrected chi connectivity index (χ0v) is 16.4. The van der Waals surface area contributed by atoms with Crippen LogP contribution in [0.15, 0.2) is 84.9 Å². The SMILES string of the molecule is [Cl-].[Cl-].[Hf+4].c1cc[cH-]c1.c1ccc2c(c1)[cH-]c1ccccc12. The van der Waals surface area contributed by atoms with Gasteiger partial charge in [-0.05, 0) is 0 Å². The molecule has 0 saturated heterocycles. The number of fused-ring (bicyclic) bond motifs is 3. The summed E-state index contributed by atoms with van der Waals surface area (Å²) in [5, 5.41) is 5.39. The summed E-state index contributed by atoms with van der Waals surface area (Å²) in [5.74, 6) is 0. The minimum atomic E-state index is 0. The van der Waals surface area contributed by atoms with E-state index in [1.54, 1.807) is 0 Å². The maximum atomic E-state index is 2.24. The smallest absolute Gasteiger partial charge is 1.00 e. The van der Waals surface area contributed by atoms with Crippen LogP contribution in [-0.4, -0.2) is 0 Å². The Hall–Kier alpha value is -0.890. The molecule has 0 aliphatic rings. The average molecular weight is 480 g/mol. The van der Waals surface area contributed by atoms with Crippen molar-refractivity contribution in [1.82, 2.24) is 0 Å². The molecule has 0 heterocycles. The van der Waals surface area contributed by atoms with Crippen LogP contribution >= 0.6 is 0 Å². The summed E-state index contributed by atoms with van der Waals surface area (Å²) in [6, 6.07) is 29.3. The molecule has 4 aromatic rings. The Morgan fingerprint density at radius 3 is 1.38 bits per heavy atom. The zero-order chi connectivity index (χ0) is 12.2. The second-order valence-electron chi connectivity index (χ2n) is 4.28. The molecule has 21 heavy (non-hydrogen) atoms. The summed E-state index contributed by atoms with van der Waals surface area (Å²) >= 11 is 0. The van der Waals surface area contributed by atoms with Gasteiger partial charge >= 0.3 is 25.8 Å². The summed E-state index contributed by atoms with van der Waals surface area (Å²) < 4.78 is 0.